The molecule has 1 fully saturated rings. The van der Waals surface area contributed by atoms with Crippen molar-refractivity contribution in [1.82, 2.24) is 9.88 Å². The monoisotopic (exact) mass is 307 g/mol. The maximum Gasteiger partial charge on any atom is 0.317 e. The fourth-order valence-corrected chi connectivity index (χ4v) is 2.56. The number of para-hydroxylation sites is 1. The van der Waals surface area contributed by atoms with Crippen molar-refractivity contribution in [1.29, 1.82) is 0 Å². The van der Waals surface area contributed by atoms with Gasteiger partial charge in [-0.3, -0.25) is 9.69 Å². The number of hydrogen-bond donors (Lipinski definition) is 1. The van der Waals surface area contributed by atoms with Gasteiger partial charge in [-0.1, -0.05) is 18.2 Å². The van der Waals surface area contributed by atoms with Crippen molar-refractivity contribution in [3.8, 4) is 0 Å². The molecular formula is C15H18ClN3O2. The van der Waals surface area contributed by atoms with Crippen LogP contribution < -0.4 is 4.90 Å². The SMILES string of the molecule is Cl.O=C(O)CN1CCN(c2ccc3ccccc3n2)CC1. The van der Waals surface area contributed by atoms with Gasteiger partial charge in [-0.2, -0.15) is 0 Å². The van der Waals surface area contributed by atoms with E-state index in [1.807, 2.05) is 29.2 Å². The van der Waals surface area contributed by atoms with Gasteiger partial charge in [-0.15, -0.1) is 12.4 Å². The highest BCUT2D eigenvalue weighted by atomic mass is 35.5. The van der Waals surface area contributed by atoms with E-state index in [-0.39, 0.29) is 19.0 Å². The average Bonchev–Trinajstić information content (AvgIpc) is 2.47. The van der Waals surface area contributed by atoms with Gasteiger partial charge in [-0.25, -0.2) is 4.98 Å². The molecule has 2 heterocycles. The molecular weight excluding hydrogens is 290 g/mol. The van der Waals surface area contributed by atoms with Crippen molar-refractivity contribution in [2.75, 3.05) is 37.6 Å². The van der Waals surface area contributed by atoms with Crippen molar-refractivity contribution in [3.05, 3.63) is 36.4 Å². The van der Waals surface area contributed by atoms with Gasteiger partial charge in [0.1, 0.15) is 5.82 Å². The second kappa shape index (κ2) is 6.74. The number of rotatable bonds is 3. The maximum atomic E-state index is 10.7. The quantitative estimate of drug-likeness (QED) is 0.938. The summed E-state index contributed by atoms with van der Waals surface area (Å²) in [6, 6.07) is 12.2. The molecule has 0 atom stereocenters. The zero-order valence-electron chi connectivity index (χ0n) is 11.6. The van der Waals surface area contributed by atoms with Crippen LogP contribution in [0.3, 0.4) is 0 Å². The van der Waals surface area contributed by atoms with E-state index in [0.29, 0.717) is 0 Å². The number of nitrogens with zero attached hydrogens (tertiary/aromatic N) is 3. The molecule has 5 nitrogen and oxygen atoms in total. The van der Waals surface area contributed by atoms with E-state index in [1.54, 1.807) is 0 Å². The van der Waals surface area contributed by atoms with E-state index in [9.17, 15) is 4.79 Å². The molecule has 1 saturated heterocycles. The van der Waals surface area contributed by atoms with Crippen LogP contribution in [0.1, 0.15) is 0 Å². The molecule has 3 rings (SSSR count). The van der Waals surface area contributed by atoms with Gasteiger partial charge in [0.15, 0.2) is 0 Å². The standard InChI is InChI=1S/C15H17N3O2.ClH/c19-15(20)11-17-7-9-18(10-8-17)14-6-5-12-3-1-2-4-13(12)16-14;/h1-6H,7-11H2,(H,19,20);1H. The molecule has 0 spiro atoms. The van der Waals surface area contributed by atoms with E-state index < -0.39 is 5.97 Å². The zero-order valence-corrected chi connectivity index (χ0v) is 12.4. The minimum Gasteiger partial charge on any atom is -0.480 e. The third-order valence-corrected chi connectivity index (χ3v) is 3.64. The topological polar surface area (TPSA) is 56.7 Å². The number of hydrogen-bond acceptors (Lipinski definition) is 4. The Labute approximate surface area is 129 Å². The number of anilines is 1. The normalized spacial score (nSPS) is 15.7. The lowest BCUT2D eigenvalue weighted by Crippen LogP contribution is -2.48. The molecule has 0 unspecified atom stereocenters. The first kappa shape index (κ1) is 15.5. The van der Waals surface area contributed by atoms with Crippen molar-refractivity contribution < 1.29 is 9.90 Å². The number of carboxylic acids is 1. The van der Waals surface area contributed by atoms with Crippen molar-refractivity contribution >= 4 is 35.1 Å². The summed E-state index contributed by atoms with van der Waals surface area (Å²) in [5, 5.41) is 9.94. The highest BCUT2D eigenvalue weighted by Gasteiger charge is 2.19. The Morgan fingerprint density at radius 2 is 1.81 bits per heavy atom. The van der Waals surface area contributed by atoms with Crippen molar-refractivity contribution in [2.45, 2.75) is 0 Å². The van der Waals surface area contributed by atoms with Gasteiger partial charge < -0.3 is 10.0 Å². The summed E-state index contributed by atoms with van der Waals surface area (Å²) in [5.41, 5.74) is 0.998. The van der Waals surface area contributed by atoms with E-state index in [1.165, 1.54) is 0 Å². The van der Waals surface area contributed by atoms with E-state index >= 15 is 0 Å². The van der Waals surface area contributed by atoms with Crippen LogP contribution in [-0.2, 0) is 4.79 Å². The molecule has 2 aromatic rings. The van der Waals surface area contributed by atoms with Crippen molar-refractivity contribution in [3.63, 3.8) is 0 Å². The fraction of sp³-hybridized carbons (Fsp3) is 0.333. The Kier molecular flexibility index (Phi) is 4.98. The second-order valence-electron chi connectivity index (χ2n) is 5.02. The number of piperazine rings is 1. The lowest BCUT2D eigenvalue weighted by molar-refractivity contribution is -0.138. The van der Waals surface area contributed by atoms with Gasteiger partial charge in [-0.05, 0) is 18.2 Å². The summed E-state index contributed by atoms with van der Waals surface area (Å²) >= 11 is 0. The number of aromatic nitrogens is 1. The smallest absolute Gasteiger partial charge is 0.317 e. The highest BCUT2D eigenvalue weighted by Crippen LogP contribution is 2.19. The molecule has 0 bridgehead atoms. The van der Waals surface area contributed by atoms with Gasteiger partial charge >= 0.3 is 5.97 Å². The zero-order chi connectivity index (χ0) is 13.9. The molecule has 112 valence electrons. The van der Waals surface area contributed by atoms with E-state index in [2.05, 4.69) is 22.0 Å². The molecule has 0 amide bonds. The van der Waals surface area contributed by atoms with Crippen LogP contribution in [0.5, 0.6) is 0 Å². The van der Waals surface area contributed by atoms with Crippen LogP contribution in [0.25, 0.3) is 10.9 Å². The number of fused-ring (bicyclic) bond motifs is 1. The molecule has 0 saturated carbocycles. The molecule has 6 heteroatoms. The molecule has 1 N–H and O–H groups in total. The Morgan fingerprint density at radius 1 is 1.10 bits per heavy atom. The highest BCUT2D eigenvalue weighted by molar-refractivity contribution is 5.85. The van der Waals surface area contributed by atoms with Gasteiger partial charge in [0.25, 0.3) is 0 Å². The Hall–Kier alpha value is -1.85. The number of aliphatic carboxylic acids is 1. The number of benzene rings is 1. The largest absolute Gasteiger partial charge is 0.480 e. The first-order valence-electron chi connectivity index (χ1n) is 6.77. The Morgan fingerprint density at radius 3 is 2.52 bits per heavy atom. The van der Waals surface area contributed by atoms with E-state index in [4.69, 9.17) is 5.11 Å². The minimum absolute atomic E-state index is 0. The van der Waals surface area contributed by atoms with Crippen molar-refractivity contribution in [2.24, 2.45) is 0 Å². The molecule has 21 heavy (non-hydrogen) atoms. The summed E-state index contributed by atoms with van der Waals surface area (Å²) in [6.07, 6.45) is 0. The number of pyridine rings is 1. The maximum absolute atomic E-state index is 10.7. The second-order valence-corrected chi connectivity index (χ2v) is 5.02. The predicted molar refractivity (Wildman–Crippen MR) is 85.3 cm³/mol. The van der Waals surface area contributed by atoms with Crippen LogP contribution in [0.2, 0.25) is 0 Å². The summed E-state index contributed by atoms with van der Waals surface area (Å²) in [5.74, 6) is 0.209. The van der Waals surface area contributed by atoms with Gasteiger partial charge in [0.05, 0.1) is 12.1 Å². The summed E-state index contributed by atoms with van der Waals surface area (Å²) in [6.45, 7) is 3.29. The minimum atomic E-state index is -0.762. The molecule has 1 aromatic carbocycles. The molecule has 1 aromatic heterocycles. The molecule has 1 aliphatic rings. The number of carboxylic acid groups (broad SMARTS) is 1. The van der Waals surface area contributed by atoms with Crippen LogP contribution in [0.15, 0.2) is 36.4 Å². The lowest BCUT2D eigenvalue weighted by atomic mass is 10.2. The van der Waals surface area contributed by atoms with Crippen LogP contribution in [-0.4, -0.2) is 53.7 Å². The summed E-state index contributed by atoms with van der Waals surface area (Å²) in [4.78, 5) is 19.5. The molecule has 1 aliphatic heterocycles. The first-order chi connectivity index (χ1) is 9.72. The Balaban J connectivity index is 0.00000161. The predicted octanol–water partition coefficient (Wildman–Crippen LogP) is 1.86. The van der Waals surface area contributed by atoms with Crippen LogP contribution in [0.4, 0.5) is 5.82 Å². The molecule has 0 aliphatic carbocycles. The third-order valence-electron chi connectivity index (χ3n) is 3.64. The first-order valence-corrected chi connectivity index (χ1v) is 6.77. The third kappa shape index (κ3) is 3.62. The summed E-state index contributed by atoms with van der Waals surface area (Å²) in [7, 11) is 0. The lowest BCUT2D eigenvalue weighted by Gasteiger charge is -2.34. The van der Waals surface area contributed by atoms with Crippen LogP contribution >= 0.6 is 12.4 Å². The summed E-state index contributed by atoms with van der Waals surface area (Å²) < 4.78 is 0. The average molecular weight is 308 g/mol. The van der Waals surface area contributed by atoms with E-state index in [0.717, 1.165) is 42.9 Å². The fourth-order valence-electron chi connectivity index (χ4n) is 2.56. The van der Waals surface area contributed by atoms with Gasteiger partial charge in [0, 0.05) is 31.6 Å². The van der Waals surface area contributed by atoms with Crippen LogP contribution in [0, 0.1) is 0 Å². The van der Waals surface area contributed by atoms with Gasteiger partial charge in [0.2, 0.25) is 0 Å². The number of carbonyl (C=O) groups is 1. The molecule has 0 radical (unpaired) electrons. The number of halogens is 1. The Bertz CT molecular complexity index is 627.